The number of carbonyl (C=O) groups excluding carboxylic acids is 1. The molecule has 1 aliphatic heterocycles. The average Bonchev–Trinajstić information content (AvgIpc) is 2.96. The van der Waals surface area contributed by atoms with Crippen LogP contribution in [-0.4, -0.2) is 55.6 Å². The molecule has 38 heavy (non-hydrogen) atoms. The van der Waals surface area contributed by atoms with Gasteiger partial charge in [0.05, 0.1) is 36.4 Å². The van der Waals surface area contributed by atoms with Crippen molar-refractivity contribution in [3.63, 3.8) is 0 Å². The number of hydrogen-bond donors (Lipinski definition) is 0. The minimum atomic E-state index is -0.297. The van der Waals surface area contributed by atoms with Gasteiger partial charge in [0.15, 0.2) is 0 Å². The van der Waals surface area contributed by atoms with E-state index in [4.69, 9.17) is 21.1 Å². The summed E-state index contributed by atoms with van der Waals surface area (Å²) in [6.07, 6.45) is 7.91. The van der Waals surface area contributed by atoms with Gasteiger partial charge >= 0.3 is 0 Å². The van der Waals surface area contributed by atoms with Gasteiger partial charge in [-0.2, -0.15) is 17.0 Å². The van der Waals surface area contributed by atoms with Gasteiger partial charge < -0.3 is 14.3 Å². The molecule has 1 aliphatic rings. The third kappa shape index (κ3) is 7.06. The Morgan fingerprint density at radius 2 is 1.97 bits per heavy atom. The summed E-state index contributed by atoms with van der Waals surface area (Å²) in [5.74, 6) is 1.64. The molecule has 3 aromatic carbocycles. The van der Waals surface area contributed by atoms with E-state index in [1.54, 1.807) is 11.8 Å². The zero-order valence-corrected chi connectivity index (χ0v) is 23.0. The maximum atomic E-state index is 11.7. The Morgan fingerprint density at radius 1 is 1.16 bits per heavy atom. The van der Waals surface area contributed by atoms with E-state index in [0.29, 0.717) is 49.2 Å². The van der Waals surface area contributed by atoms with Gasteiger partial charge in [-0.1, -0.05) is 72.3 Å². The van der Waals surface area contributed by atoms with Crippen molar-refractivity contribution in [1.82, 2.24) is 4.90 Å². The molecule has 3 aromatic rings. The number of nitrogens with zero attached hydrogens (tertiary/aromatic N) is 2. The molecule has 0 saturated carbocycles. The highest BCUT2D eigenvalue weighted by molar-refractivity contribution is 7.98. The van der Waals surface area contributed by atoms with Gasteiger partial charge in [-0.15, -0.1) is 0 Å². The van der Waals surface area contributed by atoms with Crippen LogP contribution >= 0.6 is 23.4 Å². The highest BCUT2D eigenvalue weighted by atomic mass is 35.5. The van der Waals surface area contributed by atoms with Crippen LogP contribution in [0.2, 0.25) is 5.02 Å². The van der Waals surface area contributed by atoms with Crippen LogP contribution in [-0.2, 0) is 16.1 Å². The number of thioether (sulfide) groups is 1. The van der Waals surface area contributed by atoms with E-state index in [1.807, 2.05) is 72.8 Å². The summed E-state index contributed by atoms with van der Waals surface area (Å²) in [5.41, 5.74) is 5.25. The Bertz CT molecular complexity index is 1310. The summed E-state index contributed by atoms with van der Waals surface area (Å²) in [5, 5.41) is 10.6. The predicted molar refractivity (Wildman–Crippen MR) is 157 cm³/mol. The predicted octanol–water partition coefficient (Wildman–Crippen LogP) is 6.58. The number of carbonyl (C=O) groups is 1. The second-order valence-corrected chi connectivity index (χ2v) is 10.4. The first-order valence-corrected chi connectivity index (χ1v) is 14.4. The van der Waals surface area contributed by atoms with Crippen LogP contribution in [0.25, 0.3) is 23.3 Å². The molecule has 1 fully saturated rings. The van der Waals surface area contributed by atoms with Crippen LogP contribution in [0.1, 0.15) is 28.7 Å². The van der Waals surface area contributed by atoms with Crippen LogP contribution in [0.4, 0.5) is 0 Å². The molecule has 0 radical (unpaired) electrons. The fourth-order valence-corrected chi connectivity index (χ4v) is 5.11. The maximum absolute atomic E-state index is 11.7. The monoisotopic (exact) mass is 546 g/mol. The minimum Gasteiger partial charge on any atom is -0.492 e. The topological polar surface area (TPSA) is 62.6 Å². The van der Waals surface area contributed by atoms with Crippen LogP contribution < -0.4 is 4.74 Å². The van der Waals surface area contributed by atoms with E-state index in [0.717, 1.165) is 46.3 Å². The molecule has 0 spiro atoms. The first-order valence-electron chi connectivity index (χ1n) is 12.6. The summed E-state index contributed by atoms with van der Waals surface area (Å²) >= 11 is 8.43. The molecule has 1 saturated heterocycles. The lowest BCUT2D eigenvalue weighted by Crippen LogP contribution is -2.45. The third-order valence-corrected chi connectivity index (χ3v) is 7.48. The summed E-state index contributed by atoms with van der Waals surface area (Å²) in [7, 11) is 0. The number of nitriles is 1. The van der Waals surface area contributed by atoms with Crippen molar-refractivity contribution in [1.29, 1.82) is 5.26 Å². The molecule has 1 unspecified atom stereocenters. The van der Waals surface area contributed by atoms with Crippen LogP contribution in [0.3, 0.4) is 0 Å². The molecular weight excluding hydrogens is 516 g/mol. The average molecular weight is 547 g/mol. The molecule has 0 aliphatic carbocycles. The van der Waals surface area contributed by atoms with E-state index in [2.05, 4.69) is 17.2 Å². The number of hydrogen-bond acceptors (Lipinski definition) is 6. The summed E-state index contributed by atoms with van der Waals surface area (Å²) in [4.78, 5) is 13.8. The molecule has 0 N–H and O–H groups in total. The van der Waals surface area contributed by atoms with Gasteiger partial charge in [-0.05, 0) is 52.8 Å². The number of halogens is 1. The second kappa shape index (κ2) is 14.2. The number of benzene rings is 3. The number of ether oxygens (including phenoxy) is 2. The fraction of sp³-hybridized carbons (Fsp3) is 0.290. The van der Waals surface area contributed by atoms with Gasteiger partial charge in [-0.25, -0.2) is 0 Å². The van der Waals surface area contributed by atoms with Gasteiger partial charge in [0.25, 0.3) is 0 Å². The SMILES string of the molecule is CSCCCOc1cc(/C=C/c2cccc(-c3ccccc3)c2C#N)c(CN2CCOCC2C=O)cc1Cl. The van der Waals surface area contributed by atoms with E-state index >= 15 is 0 Å². The van der Waals surface area contributed by atoms with Gasteiger partial charge in [-0.3, -0.25) is 4.90 Å². The van der Waals surface area contributed by atoms with E-state index in [-0.39, 0.29) is 6.04 Å². The Kier molecular flexibility index (Phi) is 10.4. The highest BCUT2D eigenvalue weighted by Gasteiger charge is 2.23. The molecule has 0 amide bonds. The van der Waals surface area contributed by atoms with Crippen molar-refractivity contribution in [3.8, 4) is 22.9 Å². The number of aldehydes is 1. The lowest BCUT2D eigenvalue weighted by Gasteiger charge is -2.32. The Hall–Kier alpha value is -3.08. The molecule has 1 heterocycles. The van der Waals surface area contributed by atoms with Crippen molar-refractivity contribution < 1.29 is 14.3 Å². The van der Waals surface area contributed by atoms with E-state index in [1.165, 1.54) is 0 Å². The molecule has 0 bridgehead atoms. The zero-order chi connectivity index (χ0) is 26.7. The first kappa shape index (κ1) is 27.9. The molecule has 0 aromatic heterocycles. The molecule has 5 nitrogen and oxygen atoms in total. The Morgan fingerprint density at radius 3 is 2.74 bits per heavy atom. The minimum absolute atomic E-state index is 0.297. The van der Waals surface area contributed by atoms with Crippen LogP contribution in [0.5, 0.6) is 5.75 Å². The smallest absolute Gasteiger partial charge is 0.139 e. The van der Waals surface area contributed by atoms with Crippen LogP contribution in [0.15, 0.2) is 60.7 Å². The molecule has 196 valence electrons. The van der Waals surface area contributed by atoms with Crippen molar-refractivity contribution in [2.24, 2.45) is 0 Å². The lowest BCUT2D eigenvalue weighted by molar-refractivity contribution is -0.118. The highest BCUT2D eigenvalue weighted by Crippen LogP contribution is 2.32. The number of rotatable bonds is 11. The Labute approximate surface area is 234 Å². The summed E-state index contributed by atoms with van der Waals surface area (Å²) < 4.78 is 11.5. The van der Waals surface area contributed by atoms with Gasteiger partial charge in [0.1, 0.15) is 18.1 Å². The molecular formula is C31H31ClN2O3S. The largest absolute Gasteiger partial charge is 0.492 e. The fourth-order valence-electron chi connectivity index (χ4n) is 4.47. The third-order valence-electron chi connectivity index (χ3n) is 6.49. The molecule has 4 rings (SSSR count). The van der Waals surface area contributed by atoms with E-state index in [9.17, 15) is 10.1 Å². The normalized spacial score (nSPS) is 15.9. The first-order chi connectivity index (χ1) is 18.6. The number of morpholine rings is 1. The van der Waals surface area contributed by atoms with Gasteiger partial charge in [0, 0.05) is 18.7 Å². The van der Waals surface area contributed by atoms with Crippen molar-refractivity contribution in [2.75, 3.05) is 38.4 Å². The maximum Gasteiger partial charge on any atom is 0.139 e. The lowest BCUT2D eigenvalue weighted by atomic mass is 9.95. The van der Waals surface area contributed by atoms with Crippen molar-refractivity contribution in [3.05, 3.63) is 87.9 Å². The summed E-state index contributed by atoms with van der Waals surface area (Å²) in [6.45, 7) is 2.76. The van der Waals surface area contributed by atoms with Gasteiger partial charge in [0.2, 0.25) is 0 Å². The zero-order valence-electron chi connectivity index (χ0n) is 21.4. The van der Waals surface area contributed by atoms with Crippen molar-refractivity contribution >= 4 is 41.8 Å². The molecule has 1 atom stereocenters. The van der Waals surface area contributed by atoms with Crippen molar-refractivity contribution in [2.45, 2.75) is 19.0 Å². The molecule has 7 heteroatoms. The quantitative estimate of drug-likeness (QED) is 0.154. The second-order valence-electron chi connectivity index (χ2n) is 9.01. The van der Waals surface area contributed by atoms with Crippen LogP contribution in [0, 0.1) is 11.3 Å². The Balaban J connectivity index is 1.69. The van der Waals surface area contributed by atoms with E-state index < -0.39 is 0 Å². The summed E-state index contributed by atoms with van der Waals surface area (Å²) in [6, 6.07) is 21.8. The standard InChI is InChI=1S/C31H31ClN2O3S/c1-38-16-6-14-37-31-18-25(26(17-30(31)32)20-34-13-15-36-22-27(34)21-35)12-11-24-9-5-10-28(29(24)19-33)23-7-3-2-4-8-23/h2-5,7-12,17-18,21,27H,6,13-16,20,22H2,1H3/b12-11+.